The highest BCUT2D eigenvalue weighted by molar-refractivity contribution is 6.33. The first-order valence-corrected chi connectivity index (χ1v) is 4.65. The van der Waals surface area contributed by atoms with Crippen LogP contribution in [0.5, 0.6) is 0 Å². The van der Waals surface area contributed by atoms with Gasteiger partial charge >= 0.3 is 0 Å². The second-order valence-corrected chi connectivity index (χ2v) is 3.32. The quantitative estimate of drug-likeness (QED) is 0.598. The van der Waals surface area contributed by atoms with Gasteiger partial charge in [-0.05, 0) is 24.5 Å². The monoisotopic (exact) mass is 199 g/mol. The molecule has 1 aromatic rings. The van der Waals surface area contributed by atoms with Crippen LogP contribution < -0.4 is 5.73 Å². The van der Waals surface area contributed by atoms with E-state index in [-0.39, 0.29) is 0 Å². The predicted molar refractivity (Wildman–Crippen MR) is 56.1 cm³/mol. The van der Waals surface area contributed by atoms with Gasteiger partial charge in [0.15, 0.2) is 0 Å². The minimum atomic E-state index is 0.634. The maximum Gasteiger partial charge on any atom is 0.0638 e. The molecule has 0 aromatic heterocycles. The summed E-state index contributed by atoms with van der Waals surface area (Å²) in [6.45, 7) is 0.756. The van der Waals surface area contributed by atoms with E-state index in [1.54, 1.807) is 13.2 Å². The van der Waals surface area contributed by atoms with Crippen molar-refractivity contribution < 1.29 is 4.74 Å². The van der Waals surface area contributed by atoms with Gasteiger partial charge in [0.05, 0.1) is 10.7 Å². The Morgan fingerprint density at radius 1 is 1.46 bits per heavy atom. The van der Waals surface area contributed by atoms with Crippen LogP contribution >= 0.6 is 11.6 Å². The number of benzene rings is 1. The van der Waals surface area contributed by atoms with Crippen LogP contribution in [-0.2, 0) is 11.2 Å². The largest absolute Gasteiger partial charge is 0.397 e. The molecule has 0 spiro atoms. The summed E-state index contributed by atoms with van der Waals surface area (Å²) in [5.74, 6) is 0. The fourth-order valence-electron chi connectivity index (χ4n) is 1.21. The Balaban J connectivity index is 2.61. The van der Waals surface area contributed by atoms with E-state index >= 15 is 0 Å². The van der Waals surface area contributed by atoms with Gasteiger partial charge in [0.2, 0.25) is 0 Å². The molecule has 0 aliphatic rings. The Morgan fingerprint density at radius 2 is 2.23 bits per heavy atom. The zero-order valence-electron chi connectivity index (χ0n) is 7.72. The number of rotatable bonds is 4. The van der Waals surface area contributed by atoms with E-state index in [1.807, 2.05) is 12.1 Å². The number of ether oxygens (including phenoxy) is 1. The summed E-state index contributed by atoms with van der Waals surface area (Å²) >= 11 is 5.87. The molecule has 0 bridgehead atoms. The maximum absolute atomic E-state index is 5.87. The fourth-order valence-corrected chi connectivity index (χ4v) is 1.40. The smallest absolute Gasteiger partial charge is 0.0638 e. The van der Waals surface area contributed by atoms with Crippen LogP contribution in [0.15, 0.2) is 18.2 Å². The number of nitrogen functional groups attached to an aromatic ring is 1. The van der Waals surface area contributed by atoms with E-state index < -0.39 is 0 Å². The molecule has 13 heavy (non-hydrogen) atoms. The molecule has 0 heterocycles. The second-order valence-electron chi connectivity index (χ2n) is 2.91. The molecule has 1 aromatic carbocycles. The van der Waals surface area contributed by atoms with Crippen LogP contribution in [0.2, 0.25) is 5.02 Å². The summed E-state index contributed by atoms with van der Waals surface area (Å²) in [7, 11) is 1.70. The van der Waals surface area contributed by atoms with E-state index in [1.165, 1.54) is 0 Å². The molecule has 0 saturated heterocycles. The maximum atomic E-state index is 5.87. The van der Waals surface area contributed by atoms with Crippen LogP contribution in [-0.4, -0.2) is 13.7 Å². The van der Waals surface area contributed by atoms with Crippen LogP contribution in [0, 0.1) is 0 Å². The summed E-state index contributed by atoms with van der Waals surface area (Å²) < 4.78 is 4.96. The minimum absolute atomic E-state index is 0.634. The average molecular weight is 200 g/mol. The third kappa shape index (κ3) is 2.90. The summed E-state index contributed by atoms with van der Waals surface area (Å²) in [5, 5.41) is 0.634. The first-order chi connectivity index (χ1) is 6.25. The average Bonchev–Trinajstić information content (AvgIpc) is 2.13. The van der Waals surface area contributed by atoms with Crippen molar-refractivity contribution in [2.45, 2.75) is 12.8 Å². The number of anilines is 1. The van der Waals surface area contributed by atoms with Crippen LogP contribution in [0.3, 0.4) is 0 Å². The SMILES string of the molecule is COCCCc1cccc(Cl)c1N. The molecular weight excluding hydrogens is 186 g/mol. The standard InChI is InChI=1S/C10H14ClNO/c1-13-7-3-5-8-4-2-6-9(11)10(8)12/h2,4,6H,3,5,7,12H2,1H3. The Labute approximate surface area is 83.6 Å². The number of hydrogen-bond donors (Lipinski definition) is 1. The lowest BCUT2D eigenvalue weighted by Gasteiger charge is -2.06. The number of nitrogens with two attached hydrogens (primary N) is 1. The molecule has 72 valence electrons. The third-order valence-electron chi connectivity index (χ3n) is 1.94. The van der Waals surface area contributed by atoms with E-state index in [2.05, 4.69) is 0 Å². The van der Waals surface area contributed by atoms with Crippen molar-refractivity contribution in [3.05, 3.63) is 28.8 Å². The predicted octanol–water partition coefficient (Wildman–Crippen LogP) is 2.50. The molecule has 0 fully saturated rings. The van der Waals surface area contributed by atoms with Crippen molar-refractivity contribution in [1.82, 2.24) is 0 Å². The molecule has 0 amide bonds. The number of aryl methyl sites for hydroxylation is 1. The van der Waals surface area contributed by atoms with Gasteiger partial charge in [0, 0.05) is 13.7 Å². The number of halogens is 1. The number of para-hydroxylation sites is 1. The van der Waals surface area contributed by atoms with Crippen molar-refractivity contribution in [3.8, 4) is 0 Å². The van der Waals surface area contributed by atoms with Crippen molar-refractivity contribution in [3.63, 3.8) is 0 Å². The van der Waals surface area contributed by atoms with Gasteiger partial charge in [-0.2, -0.15) is 0 Å². The first-order valence-electron chi connectivity index (χ1n) is 4.27. The third-order valence-corrected chi connectivity index (χ3v) is 2.27. The molecule has 0 atom stereocenters. The van der Waals surface area contributed by atoms with Crippen molar-refractivity contribution in [2.75, 3.05) is 19.5 Å². The molecule has 0 aliphatic carbocycles. The van der Waals surface area contributed by atoms with Gasteiger partial charge in [0.25, 0.3) is 0 Å². The minimum Gasteiger partial charge on any atom is -0.397 e. The van der Waals surface area contributed by atoms with Crippen LogP contribution in [0.4, 0.5) is 5.69 Å². The molecule has 2 N–H and O–H groups in total. The molecular formula is C10H14ClNO. The van der Waals surface area contributed by atoms with E-state index in [9.17, 15) is 0 Å². The van der Waals surface area contributed by atoms with E-state index in [0.29, 0.717) is 10.7 Å². The normalized spacial score (nSPS) is 10.3. The number of hydrogen-bond acceptors (Lipinski definition) is 2. The number of methoxy groups -OCH3 is 1. The molecule has 0 unspecified atom stereocenters. The molecule has 0 radical (unpaired) electrons. The summed E-state index contributed by atoms with van der Waals surface area (Å²) in [5.41, 5.74) is 7.59. The fraction of sp³-hybridized carbons (Fsp3) is 0.400. The zero-order valence-corrected chi connectivity index (χ0v) is 8.47. The van der Waals surface area contributed by atoms with E-state index in [0.717, 1.165) is 25.0 Å². The van der Waals surface area contributed by atoms with Gasteiger partial charge in [0.1, 0.15) is 0 Å². The Bertz CT molecular complexity index is 276. The van der Waals surface area contributed by atoms with Gasteiger partial charge in [-0.3, -0.25) is 0 Å². The molecule has 0 saturated carbocycles. The zero-order chi connectivity index (χ0) is 9.68. The highest BCUT2D eigenvalue weighted by atomic mass is 35.5. The second kappa shape index (κ2) is 5.10. The molecule has 1 rings (SSSR count). The topological polar surface area (TPSA) is 35.2 Å². The highest BCUT2D eigenvalue weighted by Crippen LogP contribution is 2.23. The lowest BCUT2D eigenvalue weighted by Crippen LogP contribution is -1.97. The van der Waals surface area contributed by atoms with Gasteiger partial charge in [-0.15, -0.1) is 0 Å². The summed E-state index contributed by atoms with van der Waals surface area (Å²) in [4.78, 5) is 0. The first kappa shape index (κ1) is 10.4. The van der Waals surface area contributed by atoms with Crippen molar-refractivity contribution in [2.24, 2.45) is 0 Å². The van der Waals surface area contributed by atoms with Crippen LogP contribution in [0.1, 0.15) is 12.0 Å². The lowest BCUT2D eigenvalue weighted by atomic mass is 10.1. The summed E-state index contributed by atoms with van der Waals surface area (Å²) in [6, 6.07) is 5.72. The molecule has 2 nitrogen and oxygen atoms in total. The molecule has 3 heteroatoms. The van der Waals surface area contributed by atoms with E-state index in [4.69, 9.17) is 22.1 Å². The highest BCUT2D eigenvalue weighted by Gasteiger charge is 2.01. The van der Waals surface area contributed by atoms with Crippen molar-refractivity contribution >= 4 is 17.3 Å². The molecule has 0 aliphatic heterocycles. The van der Waals surface area contributed by atoms with Gasteiger partial charge in [-0.25, -0.2) is 0 Å². The van der Waals surface area contributed by atoms with Gasteiger partial charge in [-0.1, -0.05) is 23.7 Å². The van der Waals surface area contributed by atoms with Gasteiger partial charge < -0.3 is 10.5 Å². The summed E-state index contributed by atoms with van der Waals surface area (Å²) in [6.07, 6.45) is 1.89. The Hall–Kier alpha value is -0.730. The Kier molecular flexibility index (Phi) is 4.06. The van der Waals surface area contributed by atoms with Crippen LogP contribution in [0.25, 0.3) is 0 Å². The Morgan fingerprint density at radius 3 is 2.92 bits per heavy atom. The van der Waals surface area contributed by atoms with Crippen molar-refractivity contribution in [1.29, 1.82) is 0 Å². The lowest BCUT2D eigenvalue weighted by molar-refractivity contribution is 0.195.